The summed E-state index contributed by atoms with van der Waals surface area (Å²) in [6.07, 6.45) is -1.11. The summed E-state index contributed by atoms with van der Waals surface area (Å²) in [4.78, 5) is 22.2. The number of carboxylic acids is 1. The predicted octanol–water partition coefficient (Wildman–Crippen LogP) is 2.21. The first-order valence-electron chi connectivity index (χ1n) is 5.19. The number of ether oxygens (including phenoxy) is 1. The van der Waals surface area contributed by atoms with E-state index in [9.17, 15) is 9.59 Å². The number of methoxy groups -OCH3 is 1. The van der Waals surface area contributed by atoms with E-state index in [1.165, 1.54) is 19.2 Å². The van der Waals surface area contributed by atoms with Gasteiger partial charge >= 0.3 is 12.0 Å². The van der Waals surface area contributed by atoms with Crippen LogP contribution >= 0.6 is 23.2 Å². The Bertz CT molecular complexity index is 482. The number of amides is 2. The molecule has 0 saturated heterocycles. The van der Waals surface area contributed by atoms with Gasteiger partial charge in [0.05, 0.1) is 17.3 Å². The third kappa shape index (κ3) is 4.94. The molecule has 0 aliphatic heterocycles. The standard InChI is InChI=1S/C11H12Cl2N2O4/c1-19-9(10(16)17)5-14-11(18)15-8-4-6(12)2-3-7(8)13/h2-4,9H,5H2,1H3,(H,16,17)(H2,14,15,18). The Kier molecular flexibility index (Phi) is 5.88. The zero-order valence-electron chi connectivity index (χ0n) is 9.94. The maximum atomic E-state index is 11.5. The molecule has 0 aliphatic rings. The van der Waals surface area contributed by atoms with Gasteiger partial charge in [0, 0.05) is 12.1 Å². The molecule has 1 aromatic rings. The van der Waals surface area contributed by atoms with E-state index in [4.69, 9.17) is 28.3 Å². The second-order valence-electron chi connectivity index (χ2n) is 3.52. The lowest BCUT2D eigenvalue weighted by Gasteiger charge is -2.13. The van der Waals surface area contributed by atoms with Gasteiger partial charge in [0.1, 0.15) is 0 Å². The summed E-state index contributed by atoms with van der Waals surface area (Å²) < 4.78 is 4.67. The van der Waals surface area contributed by atoms with Crippen LogP contribution in [0.1, 0.15) is 0 Å². The van der Waals surface area contributed by atoms with Gasteiger partial charge in [-0.3, -0.25) is 0 Å². The average molecular weight is 307 g/mol. The molecule has 3 N–H and O–H groups in total. The van der Waals surface area contributed by atoms with Crippen LogP contribution in [0.3, 0.4) is 0 Å². The number of hydrogen-bond donors (Lipinski definition) is 3. The van der Waals surface area contributed by atoms with E-state index in [-0.39, 0.29) is 6.54 Å². The van der Waals surface area contributed by atoms with Gasteiger partial charge in [0.25, 0.3) is 0 Å². The number of anilines is 1. The van der Waals surface area contributed by atoms with E-state index < -0.39 is 18.1 Å². The third-order valence-corrected chi connectivity index (χ3v) is 2.75. The minimum atomic E-state index is -1.16. The molecule has 0 bridgehead atoms. The molecule has 1 rings (SSSR count). The quantitative estimate of drug-likeness (QED) is 0.778. The molecular formula is C11H12Cl2N2O4. The molecule has 8 heteroatoms. The molecule has 1 aromatic carbocycles. The highest BCUT2D eigenvalue weighted by Crippen LogP contribution is 2.25. The van der Waals surface area contributed by atoms with Gasteiger partial charge in [-0.25, -0.2) is 9.59 Å². The zero-order valence-corrected chi connectivity index (χ0v) is 11.5. The second kappa shape index (κ2) is 7.18. The van der Waals surface area contributed by atoms with Crippen LogP contribution in [0.4, 0.5) is 10.5 Å². The molecule has 2 amide bonds. The summed E-state index contributed by atoms with van der Waals surface area (Å²) in [5.74, 6) is -1.16. The predicted molar refractivity (Wildman–Crippen MR) is 71.9 cm³/mol. The van der Waals surface area contributed by atoms with Crippen LogP contribution in [0.15, 0.2) is 18.2 Å². The van der Waals surface area contributed by atoms with Crippen LogP contribution in [-0.2, 0) is 9.53 Å². The van der Waals surface area contributed by atoms with Crippen molar-refractivity contribution in [2.45, 2.75) is 6.10 Å². The fourth-order valence-electron chi connectivity index (χ4n) is 1.22. The number of aliphatic carboxylic acids is 1. The molecule has 0 radical (unpaired) electrons. The molecule has 0 heterocycles. The summed E-state index contributed by atoms with van der Waals surface area (Å²) in [6, 6.07) is 3.99. The number of urea groups is 1. The Morgan fingerprint density at radius 1 is 1.42 bits per heavy atom. The number of halogens is 2. The summed E-state index contributed by atoms with van der Waals surface area (Å²) >= 11 is 11.6. The maximum Gasteiger partial charge on any atom is 0.334 e. The van der Waals surface area contributed by atoms with Gasteiger partial charge in [-0.15, -0.1) is 0 Å². The molecule has 0 aliphatic carbocycles. The van der Waals surface area contributed by atoms with Crippen molar-refractivity contribution in [3.63, 3.8) is 0 Å². The number of carboxylic acid groups (broad SMARTS) is 1. The van der Waals surface area contributed by atoms with Crippen molar-refractivity contribution in [2.24, 2.45) is 0 Å². The van der Waals surface area contributed by atoms with Crippen LogP contribution < -0.4 is 10.6 Å². The van der Waals surface area contributed by atoms with Crippen LogP contribution in [0.25, 0.3) is 0 Å². The van der Waals surface area contributed by atoms with Gasteiger partial charge in [-0.1, -0.05) is 23.2 Å². The topological polar surface area (TPSA) is 87.7 Å². The van der Waals surface area contributed by atoms with E-state index in [0.29, 0.717) is 15.7 Å². The maximum absolute atomic E-state index is 11.5. The Morgan fingerprint density at radius 2 is 2.11 bits per heavy atom. The number of rotatable bonds is 5. The largest absolute Gasteiger partial charge is 0.479 e. The number of carbonyl (C=O) groups excluding carboxylic acids is 1. The third-order valence-electron chi connectivity index (χ3n) is 2.18. The summed E-state index contributed by atoms with van der Waals surface area (Å²) in [7, 11) is 1.24. The molecule has 0 spiro atoms. The van der Waals surface area contributed by atoms with Gasteiger partial charge in [0.15, 0.2) is 6.10 Å². The molecule has 0 saturated carbocycles. The van der Waals surface area contributed by atoms with Gasteiger partial charge in [0.2, 0.25) is 0 Å². The lowest BCUT2D eigenvalue weighted by Crippen LogP contribution is -2.39. The normalized spacial score (nSPS) is 11.7. The van der Waals surface area contributed by atoms with Crippen LogP contribution in [0.5, 0.6) is 0 Å². The smallest absolute Gasteiger partial charge is 0.334 e. The number of nitrogens with one attached hydrogen (secondary N) is 2. The van der Waals surface area contributed by atoms with Crippen molar-refractivity contribution >= 4 is 40.9 Å². The summed E-state index contributed by atoms with van der Waals surface area (Å²) in [6.45, 7) is -0.171. The fraction of sp³-hybridized carbons (Fsp3) is 0.273. The summed E-state index contributed by atoms with van der Waals surface area (Å²) in [5, 5.41) is 14.3. The molecule has 0 aromatic heterocycles. The van der Waals surface area contributed by atoms with Gasteiger partial charge < -0.3 is 20.5 Å². The molecular weight excluding hydrogens is 295 g/mol. The molecule has 0 fully saturated rings. The van der Waals surface area contributed by atoms with Crippen LogP contribution in [0, 0.1) is 0 Å². The molecule has 19 heavy (non-hydrogen) atoms. The van der Waals surface area contributed by atoms with Crippen molar-refractivity contribution < 1.29 is 19.4 Å². The van der Waals surface area contributed by atoms with E-state index in [1.807, 2.05) is 0 Å². The zero-order chi connectivity index (χ0) is 14.4. The van der Waals surface area contributed by atoms with Crippen molar-refractivity contribution in [1.29, 1.82) is 0 Å². The van der Waals surface area contributed by atoms with E-state index in [2.05, 4.69) is 15.4 Å². The molecule has 104 valence electrons. The first-order chi connectivity index (χ1) is 8.93. The lowest BCUT2D eigenvalue weighted by atomic mass is 10.3. The number of benzene rings is 1. The minimum absolute atomic E-state index is 0.171. The Morgan fingerprint density at radius 3 is 2.68 bits per heavy atom. The Hall–Kier alpha value is -1.50. The summed E-state index contributed by atoms with van der Waals surface area (Å²) in [5.41, 5.74) is 0.330. The van der Waals surface area contributed by atoms with Crippen LogP contribution in [0.2, 0.25) is 10.0 Å². The Balaban J connectivity index is 2.56. The molecule has 1 atom stereocenters. The number of hydrogen-bond acceptors (Lipinski definition) is 3. The highest BCUT2D eigenvalue weighted by Gasteiger charge is 2.17. The van der Waals surface area contributed by atoms with Gasteiger partial charge in [-0.05, 0) is 18.2 Å². The highest BCUT2D eigenvalue weighted by atomic mass is 35.5. The second-order valence-corrected chi connectivity index (χ2v) is 4.37. The number of carbonyl (C=O) groups is 2. The average Bonchev–Trinajstić information content (AvgIpc) is 2.34. The van der Waals surface area contributed by atoms with E-state index >= 15 is 0 Å². The highest BCUT2D eigenvalue weighted by molar-refractivity contribution is 6.35. The van der Waals surface area contributed by atoms with Crippen molar-refractivity contribution in [3.05, 3.63) is 28.2 Å². The monoisotopic (exact) mass is 306 g/mol. The van der Waals surface area contributed by atoms with Crippen molar-refractivity contribution in [1.82, 2.24) is 5.32 Å². The molecule has 1 unspecified atom stereocenters. The van der Waals surface area contributed by atoms with Crippen molar-refractivity contribution in [2.75, 3.05) is 19.0 Å². The van der Waals surface area contributed by atoms with Crippen molar-refractivity contribution in [3.8, 4) is 0 Å². The van der Waals surface area contributed by atoms with E-state index in [0.717, 1.165) is 0 Å². The molecule has 6 nitrogen and oxygen atoms in total. The first kappa shape index (κ1) is 15.6. The van der Waals surface area contributed by atoms with E-state index in [1.54, 1.807) is 6.07 Å². The van der Waals surface area contributed by atoms with Crippen LogP contribution in [-0.4, -0.2) is 36.9 Å². The fourth-order valence-corrected chi connectivity index (χ4v) is 1.55. The lowest BCUT2D eigenvalue weighted by molar-refractivity contribution is -0.147. The van der Waals surface area contributed by atoms with Gasteiger partial charge in [-0.2, -0.15) is 0 Å². The minimum Gasteiger partial charge on any atom is -0.479 e. The first-order valence-corrected chi connectivity index (χ1v) is 5.95. The SMILES string of the molecule is COC(CNC(=O)Nc1cc(Cl)ccc1Cl)C(=O)O. The Labute approximate surface area is 119 Å².